The SMILES string of the molecule is CNCc1cnc(C)cc1Oc1ccccc1Cl. The maximum atomic E-state index is 6.09. The molecule has 18 heavy (non-hydrogen) atoms. The Morgan fingerprint density at radius 2 is 2.06 bits per heavy atom. The largest absolute Gasteiger partial charge is 0.455 e. The summed E-state index contributed by atoms with van der Waals surface area (Å²) in [6, 6.07) is 9.34. The van der Waals surface area contributed by atoms with Gasteiger partial charge in [0, 0.05) is 30.1 Å². The van der Waals surface area contributed by atoms with E-state index in [0.29, 0.717) is 17.3 Å². The molecule has 0 saturated heterocycles. The van der Waals surface area contributed by atoms with Crippen molar-refractivity contribution in [3.63, 3.8) is 0 Å². The third-order valence-electron chi connectivity index (χ3n) is 2.50. The molecule has 0 aliphatic heterocycles. The third kappa shape index (κ3) is 3.00. The highest BCUT2D eigenvalue weighted by atomic mass is 35.5. The molecule has 4 heteroatoms. The molecule has 1 aromatic heterocycles. The van der Waals surface area contributed by atoms with Crippen LogP contribution >= 0.6 is 11.6 Å². The van der Waals surface area contributed by atoms with Crippen LogP contribution < -0.4 is 10.1 Å². The number of ether oxygens (including phenoxy) is 1. The van der Waals surface area contributed by atoms with Gasteiger partial charge in [-0.2, -0.15) is 0 Å². The number of halogens is 1. The summed E-state index contributed by atoms with van der Waals surface area (Å²) < 4.78 is 5.86. The number of rotatable bonds is 4. The fourth-order valence-electron chi connectivity index (χ4n) is 1.63. The number of benzene rings is 1. The quantitative estimate of drug-likeness (QED) is 0.915. The summed E-state index contributed by atoms with van der Waals surface area (Å²) in [5.74, 6) is 1.44. The van der Waals surface area contributed by atoms with E-state index in [9.17, 15) is 0 Å². The number of para-hydroxylation sites is 1. The predicted octanol–water partition coefficient (Wildman–Crippen LogP) is 3.56. The number of nitrogens with zero attached hydrogens (tertiary/aromatic N) is 1. The van der Waals surface area contributed by atoms with Gasteiger partial charge in [-0.05, 0) is 26.1 Å². The molecule has 94 valence electrons. The van der Waals surface area contributed by atoms with Crippen LogP contribution in [0.15, 0.2) is 36.5 Å². The molecule has 0 amide bonds. The minimum Gasteiger partial charge on any atom is -0.455 e. The second kappa shape index (κ2) is 5.85. The van der Waals surface area contributed by atoms with Crippen molar-refractivity contribution in [1.82, 2.24) is 10.3 Å². The summed E-state index contributed by atoms with van der Waals surface area (Å²) in [4.78, 5) is 4.27. The molecular weight excluding hydrogens is 248 g/mol. The summed E-state index contributed by atoms with van der Waals surface area (Å²) in [5.41, 5.74) is 1.92. The maximum absolute atomic E-state index is 6.09. The lowest BCUT2D eigenvalue weighted by atomic mass is 10.2. The van der Waals surface area contributed by atoms with Crippen LogP contribution in [0.3, 0.4) is 0 Å². The van der Waals surface area contributed by atoms with Crippen LogP contribution in [0.1, 0.15) is 11.3 Å². The van der Waals surface area contributed by atoms with E-state index in [1.165, 1.54) is 0 Å². The van der Waals surface area contributed by atoms with Gasteiger partial charge in [-0.25, -0.2) is 0 Å². The molecule has 0 unspecified atom stereocenters. The number of aromatic nitrogens is 1. The summed E-state index contributed by atoms with van der Waals surface area (Å²) >= 11 is 6.09. The first-order valence-corrected chi connectivity index (χ1v) is 6.11. The Morgan fingerprint density at radius 1 is 1.28 bits per heavy atom. The van der Waals surface area contributed by atoms with E-state index in [-0.39, 0.29) is 0 Å². The number of pyridine rings is 1. The average Bonchev–Trinajstić information content (AvgIpc) is 2.36. The van der Waals surface area contributed by atoms with E-state index in [1.54, 1.807) is 0 Å². The fourth-order valence-corrected chi connectivity index (χ4v) is 1.80. The lowest BCUT2D eigenvalue weighted by molar-refractivity contribution is 0.473. The number of hydrogen-bond acceptors (Lipinski definition) is 3. The number of nitrogens with one attached hydrogen (secondary N) is 1. The Labute approximate surface area is 112 Å². The highest BCUT2D eigenvalue weighted by Gasteiger charge is 2.08. The molecule has 0 spiro atoms. The third-order valence-corrected chi connectivity index (χ3v) is 2.82. The average molecular weight is 263 g/mol. The van der Waals surface area contributed by atoms with Crippen molar-refractivity contribution in [1.29, 1.82) is 0 Å². The molecule has 1 aromatic carbocycles. The Kier molecular flexibility index (Phi) is 4.18. The molecule has 2 aromatic rings. The second-order valence-corrected chi connectivity index (χ2v) is 4.40. The summed E-state index contributed by atoms with van der Waals surface area (Å²) in [6.07, 6.45) is 1.82. The molecule has 3 nitrogen and oxygen atoms in total. The Hall–Kier alpha value is -1.58. The number of aryl methyl sites for hydroxylation is 1. The van der Waals surface area contributed by atoms with Crippen molar-refractivity contribution >= 4 is 11.6 Å². The molecule has 2 rings (SSSR count). The van der Waals surface area contributed by atoms with Crippen LogP contribution in [0, 0.1) is 6.92 Å². The Balaban J connectivity index is 2.33. The minimum atomic E-state index is 0.599. The molecular formula is C14H15ClN2O. The molecule has 0 fully saturated rings. The van der Waals surface area contributed by atoms with Crippen LogP contribution in [0.2, 0.25) is 5.02 Å². The van der Waals surface area contributed by atoms with E-state index < -0.39 is 0 Å². The van der Waals surface area contributed by atoms with Crippen LogP contribution in [0.25, 0.3) is 0 Å². The smallest absolute Gasteiger partial charge is 0.146 e. The first-order valence-electron chi connectivity index (χ1n) is 5.73. The molecule has 0 bridgehead atoms. The van der Waals surface area contributed by atoms with Crippen molar-refractivity contribution in [2.45, 2.75) is 13.5 Å². The topological polar surface area (TPSA) is 34.2 Å². The van der Waals surface area contributed by atoms with Gasteiger partial charge < -0.3 is 10.1 Å². The van der Waals surface area contributed by atoms with Crippen LogP contribution in [0.5, 0.6) is 11.5 Å². The van der Waals surface area contributed by atoms with E-state index in [2.05, 4.69) is 10.3 Å². The monoisotopic (exact) mass is 262 g/mol. The Bertz CT molecular complexity index is 543. The van der Waals surface area contributed by atoms with Crippen LogP contribution in [-0.4, -0.2) is 12.0 Å². The van der Waals surface area contributed by atoms with Gasteiger partial charge in [-0.3, -0.25) is 4.98 Å². The lowest BCUT2D eigenvalue weighted by Crippen LogP contribution is -2.07. The summed E-state index contributed by atoms with van der Waals surface area (Å²) in [5, 5.41) is 3.69. The maximum Gasteiger partial charge on any atom is 0.146 e. The van der Waals surface area contributed by atoms with Gasteiger partial charge in [0.25, 0.3) is 0 Å². The van der Waals surface area contributed by atoms with E-state index >= 15 is 0 Å². The van der Waals surface area contributed by atoms with E-state index in [0.717, 1.165) is 17.0 Å². The highest BCUT2D eigenvalue weighted by Crippen LogP contribution is 2.30. The van der Waals surface area contributed by atoms with Crippen LogP contribution in [-0.2, 0) is 6.54 Å². The van der Waals surface area contributed by atoms with Gasteiger partial charge in [0.2, 0.25) is 0 Å². The summed E-state index contributed by atoms with van der Waals surface area (Å²) in [6.45, 7) is 2.63. The van der Waals surface area contributed by atoms with Gasteiger partial charge in [0.15, 0.2) is 0 Å². The van der Waals surface area contributed by atoms with Gasteiger partial charge in [0.05, 0.1) is 5.02 Å². The fraction of sp³-hybridized carbons (Fsp3) is 0.214. The normalized spacial score (nSPS) is 10.4. The zero-order valence-corrected chi connectivity index (χ0v) is 11.2. The standard InChI is InChI=1S/C14H15ClN2O/c1-10-7-14(11(8-16-2)9-17-10)18-13-6-4-3-5-12(13)15/h3-7,9,16H,8H2,1-2H3. The number of hydrogen-bond donors (Lipinski definition) is 1. The zero-order valence-electron chi connectivity index (χ0n) is 10.4. The zero-order chi connectivity index (χ0) is 13.0. The first kappa shape index (κ1) is 12.9. The van der Waals surface area contributed by atoms with Crippen molar-refractivity contribution in [3.05, 3.63) is 52.8 Å². The second-order valence-electron chi connectivity index (χ2n) is 4.00. The molecule has 0 atom stereocenters. The van der Waals surface area contributed by atoms with Gasteiger partial charge in [-0.1, -0.05) is 23.7 Å². The van der Waals surface area contributed by atoms with Gasteiger partial charge in [0.1, 0.15) is 11.5 Å². The van der Waals surface area contributed by atoms with Crippen molar-refractivity contribution < 1.29 is 4.74 Å². The minimum absolute atomic E-state index is 0.599. The van der Waals surface area contributed by atoms with Crippen molar-refractivity contribution in [2.75, 3.05) is 7.05 Å². The van der Waals surface area contributed by atoms with Crippen molar-refractivity contribution in [3.8, 4) is 11.5 Å². The summed E-state index contributed by atoms with van der Waals surface area (Å²) in [7, 11) is 1.89. The van der Waals surface area contributed by atoms with Crippen LogP contribution in [0.4, 0.5) is 0 Å². The molecule has 0 saturated carbocycles. The van der Waals surface area contributed by atoms with Crippen molar-refractivity contribution in [2.24, 2.45) is 0 Å². The predicted molar refractivity (Wildman–Crippen MR) is 73.3 cm³/mol. The molecule has 0 aliphatic rings. The molecule has 0 aliphatic carbocycles. The van der Waals surface area contributed by atoms with E-state index in [1.807, 2.05) is 50.5 Å². The highest BCUT2D eigenvalue weighted by molar-refractivity contribution is 6.32. The Morgan fingerprint density at radius 3 is 2.78 bits per heavy atom. The van der Waals surface area contributed by atoms with E-state index in [4.69, 9.17) is 16.3 Å². The van der Waals surface area contributed by atoms with Gasteiger partial charge in [-0.15, -0.1) is 0 Å². The lowest BCUT2D eigenvalue weighted by Gasteiger charge is -2.12. The molecule has 0 radical (unpaired) electrons. The first-order chi connectivity index (χ1) is 8.70. The molecule has 1 heterocycles. The molecule has 1 N–H and O–H groups in total. The van der Waals surface area contributed by atoms with Gasteiger partial charge >= 0.3 is 0 Å².